The lowest BCUT2D eigenvalue weighted by Gasteiger charge is -2.08. The molecule has 0 fully saturated rings. The lowest BCUT2D eigenvalue weighted by atomic mass is 10.3. The van der Waals surface area contributed by atoms with E-state index in [0.29, 0.717) is 17.4 Å². The minimum atomic E-state index is -0.534. The third kappa shape index (κ3) is 3.80. The Morgan fingerprint density at radius 3 is 2.75 bits per heavy atom. The van der Waals surface area contributed by atoms with Gasteiger partial charge in [-0.1, -0.05) is 6.07 Å². The maximum absolute atomic E-state index is 11.3. The van der Waals surface area contributed by atoms with Crippen LogP contribution in [-0.4, -0.2) is 33.2 Å². The second kappa shape index (κ2) is 7.14. The summed E-state index contributed by atoms with van der Waals surface area (Å²) in [7, 11) is 1.29. The van der Waals surface area contributed by atoms with E-state index in [2.05, 4.69) is 30.2 Å². The van der Waals surface area contributed by atoms with Crippen molar-refractivity contribution in [3.63, 3.8) is 0 Å². The van der Waals surface area contributed by atoms with E-state index >= 15 is 0 Å². The Morgan fingerprint density at radius 1 is 1.12 bits per heavy atom. The molecule has 0 atom stereocenters. The normalized spacial score (nSPS) is 10.0. The summed E-state index contributed by atoms with van der Waals surface area (Å²) >= 11 is 0. The Kier molecular flexibility index (Phi) is 4.57. The maximum Gasteiger partial charge on any atom is 0.358 e. The molecule has 0 spiro atoms. The summed E-state index contributed by atoms with van der Waals surface area (Å²) in [6, 6.07) is 10.4. The maximum atomic E-state index is 11.3. The molecule has 1 N–H and O–H groups in total. The van der Waals surface area contributed by atoms with E-state index in [-0.39, 0.29) is 5.69 Å². The fourth-order valence-electron chi connectivity index (χ4n) is 1.86. The molecule has 2 aromatic heterocycles. The number of carbonyl (C=O) groups excluding carboxylic acids is 1. The van der Waals surface area contributed by atoms with E-state index in [9.17, 15) is 4.79 Å². The van der Waals surface area contributed by atoms with Crippen LogP contribution in [0.3, 0.4) is 0 Å². The van der Waals surface area contributed by atoms with Crippen LogP contribution in [-0.2, 0) is 4.74 Å². The zero-order chi connectivity index (χ0) is 16.8. The van der Waals surface area contributed by atoms with Crippen LogP contribution < -0.4 is 10.1 Å². The first-order valence-electron chi connectivity index (χ1n) is 6.97. The summed E-state index contributed by atoms with van der Waals surface area (Å²) in [6.07, 6.45) is 4.65. The van der Waals surface area contributed by atoms with E-state index in [4.69, 9.17) is 4.74 Å². The highest BCUT2D eigenvalue weighted by atomic mass is 16.5. The lowest BCUT2D eigenvalue weighted by molar-refractivity contribution is 0.0593. The van der Waals surface area contributed by atoms with Crippen LogP contribution in [0.1, 0.15) is 10.5 Å². The van der Waals surface area contributed by atoms with Gasteiger partial charge >= 0.3 is 5.97 Å². The molecule has 3 rings (SSSR count). The average Bonchev–Trinajstić information content (AvgIpc) is 2.63. The zero-order valence-corrected chi connectivity index (χ0v) is 12.7. The molecule has 3 aromatic rings. The summed E-state index contributed by atoms with van der Waals surface area (Å²) in [5.74, 6) is 0.948. The van der Waals surface area contributed by atoms with Crippen molar-refractivity contribution in [3.05, 3.63) is 60.7 Å². The monoisotopic (exact) mass is 323 g/mol. The molecule has 0 amide bonds. The van der Waals surface area contributed by atoms with Crippen molar-refractivity contribution >= 4 is 17.5 Å². The van der Waals surface area contributed by atoms with E-state index in [1.165, 1.54) is 19.4 Å². The lowest BCUT2D eigenvalue weighted by Crippen LogP contribution is -2.06. The number of benzene rings is 1. The topological polar surface area (TPSA) is 99.1 Å². The van der Waals surface area contributed by atoms with Crippen molar-refractivity contribution in [2.75, 3.05) is 12.4 Å². The Labute approximate surface area is 137 Å². The molecule has 8 nitrogen and oxygen atoms in total. The van der Waals surface area contributed by atoms with Crippen molar-refractivity contribution in [3.8, 4) is 11.6 Å². The van der Waals surface area contributed by atoms with Gasteiger partial charge in [-0.3, -0.25) is 4.98 Å². The molecule has 0 bridgehead atoms. The van der Waals surface area contributed by atoms with Crippen LogP contribution in [0.5, 0.6) is 11.6 Å². The Bertz CT molecular complexity index is 825. The number of nitrogens with zero attached hydrogens (tertiary/aromatic N) is 4. The number of rotatable bonds is 5. The second-order valence-corrected chi connectivity index (χ2v) is 4.59. The second-order valence-electron chi connectivity index (χ2n) is 4.59. The summed E-state index contributed by atoms with van der Waals surface area (Å²) in [6.45, 7) is 0. The van der Waals surface area contributed by atoms with Crippen molar-refractivity contribution in [2.24, 2.45) is 0 Å². The summed E-state index contributed by atoms with van der Waals surface area (Å²) < 4.78 is 10.2. The number of carbonyl (C=O) groups is 1. The van der Waals surface area contributed by atoms with Crippen LogP contribution in [0.2, 0.25) is 0 Å². The van der Waals surface area contributed by atoms with Crippen LogP contribution in [0.25, 0.3) is 0 Å². The van der Waals surface area contributed by atoms with Crippen LogP contribution in [0.15, 0.2) is 55.0 Å². The van der Waals surface area contributed by atoms with E-state index in [1.807, 2.05) is 12.1 Å². The van der Waals surface area contributed by atoms with E-state index < -0.39 is 5.97 Å². The summed E-state index contributed by atoms with van der Waals surface area (Å²) in [5.41, 5.74) is 0.888. The van der Waals surface area contributed by atoms with Gasteiger partial charge in [0.2, 0.25) is 5.88 Å². The number of nitrogens with one attached hydrogen (secondary N) is 1. The zero-order valence-electron chi connectivity index (χ0n) is 12.7. The van der Waals surface area contributed by atoms with E-state index in [0.717, 1.165) is 5.69 Å². The van der Waals surface area contributed by atoms with Gasteiger partial charge in [0.25, 0.3) is 0 Å². The SMILES string of the molecule is COC(=O)c1ccc(Nc2cccc(Oc3cnccn3)c2)nn1. The van der Waals surface area contributed by atoms with E-state index in [1.54, 1.807) is 30.6 Å². The predicted molar refractivity (Wildman–Crippen MR) is 85.2 cm³/mol. The van der Waals surface area contributed by atoms with Gasteiger partial charge in [0.05, 0.1) is 13.3 Å². The number of esters is 1. The predicted octanol–water partition coefficient (Wildman–Crippen LogP) is 2.59. The average molecular weight is 323 g/mol. The van der Waals surface area contributed by atoms with Gasteiger partial charge in [0.15, 0.2) is 11.5 Å². The van der Waals surface area contributed by atoms with Gasteiger partial charge in [0.1, 0.15) is 5.75 Å². The molecular weight excluding hydrogens is 310 g/mol. The largest absolute Gasteiger partial charge is 0.464 e. The molecule has 0 saturated carbocycles. The number of ether oxygens (including phenoxy) is 2. The highest BCUT2D eigenvalue weighted by Crippen LogP contribution is 2.23. The standard InChI is InChI=1S/C16H13N5O3/c1-23-16(22)13-5-6-14(21-20-13)19-11-3-2-4-12(9-11)24-15-10-17-7-8-18-15/h2-10H,1H3,(H,19,21). The van der Waals surface area contributed by atoms with Gasteiger partial charge in [-0.15, -0.1) is 10.2 Å². The molecule has 0 unspecified atom stereocenters. The first-order chi connectivity index (χ1) is 11.7. The molecule has 1 aromatic carbocycles. The van der Waals surface area contributed by atoms with Crippen LogP contribution in [0, 0.1) is 0 Å². The Morgan fingerprint density at radius 2 is 2.04 bits per heavy atom. The number of methoxy groups -OCH3 is 1. The van der Waals surface area contributed by atoms with Gasteiger partial charge in [0, 0.05) is 24.1 Å². The smallest absolute Gasteiger partial charge is 0.358 e. The molecule has 0 aliphatic carbocycles. The fraction of sp³-hybridized carbons (Fsp3) is 0.0625. The minimum absolute atomic E-state index is 0.141. The number of aromatic nitrogens is 4. The van der Waals surface area contributed by atoms with Gasteiger partial charge < -0.3 is 14.8 Å². The van der Waals surface area contributed by atoms with Gasteiger partial charge in [-0.05, 0) is 24.3 Å². The van der Waals surface area contributed by atoms with Crippen molar-refractivity contribution in [1.82, 2.24) is 20.2 Å². The van der Waals surface area contributed by atoms with Crippen LogP contribution in [0.4, 0.5) is 11.5 Å². The third-order valence-electron chi connectivity index (χ3n) is 2.93. The molecule has 8 heteroatoms. The number of hydrogen-bond acceptors (Lipinski definition) is 8. The van der Waals surface area contributed by atoms with Gasteiger partial charge in [-0.2, -0.15) is 0 Å². The fourth-order valence-corrected chi connectivity index (χ4v) is 1.86. The molecule has 24 heavy (non-hydrogen) atoms. The quantitative estimate of drug-likeness (QED) is 0.715. The van der Waals surface area contributed by atoms with Crippen molar-refractivity contribution < 1.29 is 14.3 Å². The molecule has 2 heterocycles. The third-order valence-corrected chi connectivity index (χ3v) is 2.93. The molecule has 0 aliphatic rings. The molecule has 0 aliphatic heterocycles. The first kappa shape index (κ1) is 15.3. The molecular formula is C16H13N5O3. The molecule has 0 saturated heterocycles. The summed E-state index contributed by atoms with van der Waals surface area (Å²) in [4.78, 5) is 19.3. The molecule has 0 radical (unpaired) electrons. The highest BCUT2D eigenvalue weighted by molar-refractivity contribution is 5.87. The molecule has 120 valence electrons. The first-order valence-corrected chi connectivity index (χ1v) is 6.97. The van der Waals surface area contributed by atoms with Crippen molar-refractivity contribution in [1.29, 1.82) is 0 Å². The summed E-state index contributed by atoms with van der Waals surface area (Å²) in [5, 5.41) is 10.8. The van der Waals surface area contributed by atoms with Crippen LogP contribution >= 0.6 is 0 Å². The van der Waals surface area contributed by atoms with Gasteiger partial charge in [-0.25, -0.2) is 9.78 Å². The minimum Gasteiger partial charge on any atom is -0.464 e. The number of anilines is 2. The Hall–Kier alpha value is -3.55. The van der Waals surface area contributed by atoms with Crippen molar-refractivity contribution in [2.45, 2.75) is 0 Å². The highest BCUT2D eigenvalue weighted by Gasteiger charge is 2.08. The Balaban J connectivity index is 1.71. The number of hydrogen-bond donors (Lipinski definition) is 1.